The number of carbonyl (C=O) groups is 2. The number of benzene rings is 2. The van der Waals surface area contributed by atoms with Crippen molar-refractivity contribution in [1.29, 1.82) is 0 Å². The van der Waals surface area contributed by atoms with E-state index in [2.05, 4.69) is 10.6 Å². The number of hydrogen-bond acceptors (Lipinski definition) is 4. The fourth-order valence-electron chi connectivity index (χ4n) is 4.06. The van der Waals surface area contributed by atoms with Gasteiger partial charge in [-0.15, -0.1) is 0 Å². The maximum absolute atomic E-state index is 13.8. The summed E-state index contributed by atoms with van der Waals surface area (Å²) in [4.78, 5) is 27.1. The van der Waals surface area contributed by atoms with Crippen molar-refractivity contribution < 1.29 is 23.1 Å². The average molecular weight is 415 g/mol. The van der Waals surface area contributed by atoms with Crippen LogP contribution in [0.4, 0.5) is 8.78 Å². The molecule has 158 valence electrons. The molecule has 2 aliphatic heterocycles. The van der Waals surface area contributed by atoms with Gasteiger partial charge in [0.2, 0.25) is 11.8 Å². The molecule has 0 aromatic heterocycles. The topological polar surface area (TPSA) is 70.7 Å². The van der Waals surface area contributed by atoms with Crippen molar-refractivity contribution in [3.63, 3.8) is 0 Å². The molecule has 2 saturated heterocycles. The Balaban J connectivity index is 1.38. The minimum absolute atomic E-state index is 0.118. The largest absolute Gasteiger partial charge is 0.497 e. The van der Waals surface area contributed by atoms with Gasteiger partial charge in [0, 0.05) is 37.2 Å². The molecule has 0 unspecified atom stereocenters. The molecule has 0 bridgehead atoms. The van der Waals surface area contributed by atoms with E-state index in [0.717, 1.165) is 17.4 Å². The molecule has 8 heteroatoms. The van der Waals surface area contributed by atoms with Gasteiger partial charge in [-0.2, -0.15) is 0 Å². The van der Waals surface area contributed by atoms with Crippen LogP contribution < -0.4 is 15.4 Å². The molecule has 2 aromatic rings. The lowest BCUT2D eigenvalue weighted by Crippen LogP contribution is -2.61. The highest BCUT2D eigenvalue weighted by atomic mass is 19.1. The standard InChI is InChI=1S/C22H23F2N3O3/c1-30-17-6-2-13(3-7-17)8-19-22(29)27-12-16(10-20(27)21(28)26-19)25-11-14-4-5-15(23)9-18(14)24/h2-7,9,16,19-20,25H,8,10-12H2,1H3,(H,26,28)/t16-,19-,20-/m0/s1. The maximum atomic E-state index is 13.8. The summed E-state index contributed by atoms with van der Waals surface area (Å²) in [7, 11) is 1.59. The highest BCUT2D eigenvalue weighted by Gasteiger charge is 2.46. The number of amides is 2. The number of piperazine rings is 1. The molecule has 2 aromatic carbocycles. The molecule has 6 nitrogen and oxygen atoms in total. The van der Waals surface area contributed by atoms with Gasteiger partial charge in [-0.1, -0.05) is 18.2 Å². The molecule has 2 amide bonds. The van der Waals surface area contributed by atoms with Gasteiger partial charge < -0.3 is 20.3 Å². The normalized spacial score (nSPS) is 23.3. The number of halogens is 2. The Labute approximate surface area is 173 Å². The first kappa shape index (κ1) is 20.3. The average Bonchev–Trinajstić information content (AvgIpc) is 3.17. The van der Waals surface area contributed by atoms with Crippen LogP contribution in [-0.4, -0.2) is 48.5 Å². The van der Waals surface area contributed by atoms with Crippen LogP contribution in [0.3, 0.4) is 0 Å². The van der Waals surface area contributed by atoms with Crippen LogP contribution in [0.25, 0.3) is 0 Å². The molecule has 0 spiro atoms. The fraction of sp³-hybridized carbons (Fsp3) is 0.364. The number of fused-ring (bicyclic) bond motifs is 1. The summed E-state index contributed by atoms with van der Waals surface area (Å²) in [6, 6.07) is 9.53. The molecule has 2 heterocycles. The number of ether oxygens (including phenoxy) is 1. The highest BCUT2D eigenvalue weighted by molar-refractivity contribution is 5.97. The van der Waals surface area contributed by atoms with Gasteiger partial charge in [-0.3, -0.25) is 9.59 Å². The third kappa shape index (κ3) is 4.14. The van der Waals surface area contributed by atoms with Crippen molar-refractivity contribution in [2.45, 2.75) is 37.5 Å². The van der Waals surface area contributed by atoms with Gasteiger partial charge in [0.25, 0.3) is 0 Å². The van der Waals surface area contributed by atoms with Crippen LogP contribution in [0.1, 0.15) is 17.5 Å². The first-order valence-corrected chi connectivity index (χ1v) is 9.85. The molecule has 2 aliphatic rings. The molecule has 2 fully saturated rings. The summed E-state index contributed by atoms with van der Waals surface area (Å²) in [6.45, 7) is 0.571. The van der Waals surface area contributed by atoms with Crippen LogP contribution in [0.5, 0.6) is 5.75 Å². The lowest BCUT2D eigenvalue weighted by atomic mass is 10.0. The van der Waals surface area contributed by atoms with Crippen molar-refractivity contribution in [2.75, 3.05) is 13.7 Å². The maximum Gasteiger partial charge on any atom is 0.246 e. The lowest BCUT2D eigenvalue weighted by Gasteiger charge is -2.34. The van der Waals surface area contributed by atoms with Crippen LogP contribution in [-0.2, 0) is 22.6 Å². The number of nitrogens with zero attached hydrogens (tertiary/aromatic N) is 1. The second-order valence-electron chi connectivity index (χ2n) is 7.67. The molecule has 30 heavy (non-hydrogen) atoms. The van der Waals surface area contributed by atoms with E-state index in [-0.39, 0.29) is 24.4 Å². The predicted molar refractivity (Wildman–Crippen MR) is 106 cm³/mol. The summed E-state index contributed by atoms with van der Waals surface area (Å²) < 4.78 is 32.0. The third-order valence-corrected chi connectivity index (χ3v) is 5.70. The van der Waals surface area contributed by atoms with Crippen LogP contribution >= 0.6 is 0 Å². The van der Waals surface area contributed by atoms with E-state index in [9.17, 15) is 18.4 Å². The van der Waals surface area contributed by atoms with E-state index < -0.39 is 23.7 Å². The second kappa shape index (κ2) is 8.39. The summed E-state index contributed by atoms with van der Waals surface area (Å²) >= 11 is 0. The zero-order valence-corrected chi connectivity index (χ0v) is 16.5. The molecule has 0 saturated carbocycles. The zero-order valence-electron chi connectivity index (χ0n) is 16.5. The molecule has 0 aliphatic carbocycles. The number of carbonyl (C=O) groups excluding carboxylic acids is 2. The Hall–Kier alpha value is -3.00. The highest BCUT2D eigenvalue weighted by Crippen LogP contribution is 2.25. The molecular formula is C22H23F2N3O3. The molecule has 3 atom stereocenters. The molecular weight excluding hydrogens is 392 g/mol. The zero-order chi connectivity index (χ0) is 21.3. The van der Waals surface area contributed by atoms with Crippen molar-refractivity contribution in [3.8, 4) is 5.75 Å². The van der Waals surface area contributed by atoms with Gasteiger partial charge in [-0.05, 0) is 30.2 Å². The van der Waals surface area contributed by atoms with Crippen molar-refractivity contribution >= 4 is 11.8 Å². The van der Waals surface area contributed by atoms with E-state index in [4.69, 9.17) is 4.74 Å². The number of hydrogen-bond donors (Lipinski definition) is 2. The van der Waals surface area contributed by atoms with E-state index in [1.165, 1.54) is 12.1 Å². The van der Waals surface area contributed by atoms with Crippen LogP contribution in [0.2, 0.25) is 0 Å². The van der Waals surface area contributed by atoms with E-state index in [0.29, 0.717) is 24.9 Å². The van der Waals surface area contributed by atoms with E-state index >= 15 is 0 Å². The first-order valence-electron chi connectivity index (χ1n) is 9.85. The fourth-order valence-corrected chi connectivity index (χ4v) is 4.06. The second-order valence-corrected chi connectivity index (χ2v) is 7.67. The number of nitrogens with one attached hydrogen (secondary N) is 2. The number of methoxy groups -OCH3 is 1. The summed E-state index contributed by atoms with van der Waals surface area (Å²) in [5, 5.41) is 6.02. The summed E-state index contributed by atoms with van der Waals surface area (Å²) in [6.07, 6.45) is 0.853. The SMILES string of the molecule is COc1ccc(C[C@@H]2NC(=O)[C@@H]3C[C@H](NCc4ccc(F)cc4F)CN3C2=O)cc1. The van der Waals surface area contributed by atoms with Gasteiger partial charge in [-0.25, -0.2) is 8.78 Å². The van der Waals surface area contributed by atoms with Crippen molar-refractivity contribution in [2.24, 2.45) is 0 Å². The van der Waals surface area contributed by atoms with Crippen LogP contribution in [0, 0.1) is 11.6 Å². The summed E-state index contributed by atoms with van der Waals surface area (Å²) in [5.41, 5.74) is 1.27. The minimum atomic E-state index is -0.626. The summed E-state index contributed by atoms with van der Waals surface area (Å²) in [5.74, 6) is -0.812. The third-order valence-electron chi connectivity index (χ3n) is 5.70. The Morgan fingerprint density at radius 3 is 2.63 bits per heavy atom. The smallest absolute Gasteiger partial charge is 0.246 e. The van der Waals surface area contributed by atoms with Crippen molar-refractivity contribution in [3.05, 3.63) is 65.2 Å². The van der Waals surface area contributed by atoms with Gasteiger partial charge >= 0.3 is 0 Å². The Bertz CT molecular complexity index is 951. The predicted octanol–water partition coefficient (Wildman–Crippen LogP) is 1.77. The van der Waals surface area contributed by atoms with E-state index in [1.807, 2.05) is 24.3 Å². The molecule has 2 N–H and O–H groups in total. The molecule has 0 radical (unpaired) electrons. The van der Waals surface area contributed by atoms with Gasteiger partial charge in [0.1, 0.15) is 29.5 Å². The minimum Gasteiger partial charge on any atom is -0.497 e. The quantitative estimate of drug-likeness (QED) is 0.755. The van der Waals surface area contributed by atoms with Gasteiger partial charge in [0.05, 0.1) is 7.11 Å². The van der Waals surface area contributed by atoms with E-state index in [1.54, 1.807) is 12.0 Å². The Morgan fingerprint density at radius 1 is 1.17 bits per heavy atom. The lowest BCUT2D eigenvalue weighted by molar-refractivity contribution is -0.147. The Kier molecular flexibility index (Phi) is 5.67. The van der Waals surface area contributed by atoms with Crippen LogP contribution in [0.15, 0.2) is 42.5 Å². The Morgan fingerprint density at radius 2 is 1.93 bits per heavy atom. The van der Waals surface area contributed by atoms with Crippen molar-refractivity contribution in [1.82, 2.24) is 15.5 Å². The van der Waals surface area contributed by atoms with Gasteiger partial charge in [0.15, 0.2) is 0 Å². The first-order chi connectivity index (χ1) is 14.4. The number of rotatable bonds is 6. The molecule has 4 rings (SSSR count). The monoisotopic (exact) mass is 415 g/mol.